The van der Waals surface area contributed by atoms with E-state index in [9.17, 15) is 9.90 Å². The maximum absolute atomic E-state index is 11.9. The van der Waals surface area contributed by atoms with E-state index in [2.05, 4.69) is 9.88 Å². The minimum atomic E-state index is -0.991. The van der Waals surface area contributed by atoms with Gasteiger partial charge in [0.2, 0.25) is 0 Å². The number of aliphatic hydroxyl groups is 1. The smallest absolute Gasteiger partial charge is 0.409 e. The van der Waals surface area contributed by atoms with Gasteiger partial charge in [0.15, 0.2) is 17.0 Å². The average molecular weight is 495 g/mol. The predicted octanol–water partition coefficient (Wildman–Crippen LogP) is 3.54. The maximum Gasteiger partial charge on any atom is 0.409 e. The van der Waals surface area contributed by atoms with Gasteiger partial charge in [0.05, 0.1) is 24.3 Å². The van der Waals surface area contributed by atoms with Crippen LogP contribution in [0.3, 0.4) is 0 Å². The van der Waals surface area contributed by atoms with E-state index in [1.165, 1.54) is 7.11 Å². The number of ether oxygens (including phenoxy) is 1. The quantitative estimate of drug-likeness (QED) is 0.592. The Bertz CT molecular complexity index is 1150. The number of halogens is 2. The molecule has 1 N–H and O–H groups in total. The first-order chi connectivity index (χ1) is 15.2. The van der Waals surface area contributed by atoms with Crippen LogP contribution in [0.25, 0.3) is 22.6 Å². The molecule has 1 amide bonds. The number of fused-ring (bicyclic) bond motifs is 1. The summed E-state index contributed by atoms with van der Waals surface area (Å²) in [6.07, 6.45) is -0.330. The largest absolute Gasteiger partial charge is 0.453 e. The molecule has 1 fully saturated rings. The third-order valence-electron chi connectivity index (χ3n) is 5.36. The van der Waals surface area contributed by atoms with Crippen molar-refractivity contribution in [3.05, 3.63) is 35.1 Å². The fraction of sp³-hybridized carbons (Fsp3) is 0.455. The van der Waals surface area contributed by atoms with Crippen LogP contribution in [-0.4, -0.2) is 74.5 Å². The Balaban J connectivity index is 0.00000306. The Kier molecular flexibility index (Phi) is 7.36. The molecule has 1 aliphatic rings. The van der Waals surface area contributed by atoms with Crippen LogP contribution in [0.15, 0.2) is 24.3 Å². The minimum Gasteiger partial charge on any atom is -0.453 e. The molecule has 11 heteroatoms. The molecule has 3 aromatic rings. The van der Waals surface area contributed by atoms with Crippen LogP contribution in [-0.2, 0) is 11.3 Å². The summed E-state index contributed by atoms with van der Waals surface area (Å²) >= 11 is 6.50. The summed E-state index contributed by atoms with van der Waals surface area (Å²) in [5.74, 6) is 1.94. The summed E-state index contributed by atoms with van der Waals surface area (Å²) in [5.41, 5.74) is 1.05. The third-order valence-corrected chi connectivity index (χ3v) is 5.69. The second-order valence-corrected chi connectivity index (χ2v) is 8.93. The lowest BCUT2D eigenvalue weighted by molar-refractivity contribution is 0.0629. The van der Waals surface area contributed by atoms with Crippen LogP contribution in [0.1, 0.15) is 19.7 Å². The van der Waals surface area contributed by atoms with Crippen molar-refractivity contribution in [2.45, 2.75) is 32.9 Å². The van der Waals surface area contributed by atoms with Gasteiger partial charge < -0.3 is 24.2 Å². The van der Waals surface area contributed by atoms with E-state index in [0.717, 1.165) is 5.56 Å². The number of carbonyl (C=O) groups excluding carboxylic acids is 1. The monoisotopic (exact) mass is 494 g/mol. The van der Waals surface area contributed by atoms with Crippen molar-refractivity contribution in [3.8, 4) is 11.4 Å². The summed E-state index contributed by atoms with van der Waals surface area (Å²) in [4.78, 5) is 29.9. The van der Waals surface area contributed by atoms with Crippen molar-refractivity contribution < 1.29 is 14.6 Å². The lowest BCUT2D eigenvalue weighted by Gasteiger charge is -2.34. The molecule has 0 saturated carbocycles. The van der Waals surface area contributed by atoms with Crippen LogP contribution in [0, 0.1) is 6.92 Å². The van der Waals surface area contributed by atoms with Gasteiger partial charge in [-0.1, -0.05) is 23.7 Å². The maximum atomic E-state index is 11.9. The fourth-order valence-electron chi connectivity index (χ4n) is 3.93. The molecule has 2 aromatic heterocycles. The van der Waals surface area contributed by atoms with Crippen molar-refractivity contribution in [1.82, 2.24) is 24.4 Å². The van der Waals surface area contributed by atoms with Gasteiger partial charge in [0.1, 0.15) is 11.6 Å². The van der Waals surface area contributed by atoms with E-state index in [1.807, 2.05) is 35.8 Å². The number of rotatable bonds is 4. The molecule has 1 aromatic carbocycles. The van der Waals surface area contributed by atoms with Gasteiger partial charge in [-0.15, -0.1) is 12.4 Å². The number of aryl methyl sites for hydroxylation is 1. The highest BCUT2D eigenvalue weighted by molar-refractivity contribution is 6.33. The second kappa shape index (κ2) is 9.70. The molecule has 0 radical (unpaired) electrons. The van der Waals surface area contributed by atoms with Gasteiger partial charge in [-0.05, 0) is 32.9 Å². The first-order valence-electron chi connectivity index (χ1n) is 10.5. The molecule has 3 heterocycles. The normalized spacial score (nSPS) is 14.4. The number of piperazine rings is 1. The SMILES string of the molecule is COC(=O)N1CCN(c2nc(C)nc3c2nc(-c2ccccc2Cl)n3CC(C)(C)O)CC1.Cl. The van der Waals surface area contributed by atoms with Crippen LogP contribution in [0.4, 0.5) is 10.6 Å². The molecule has 9 nitrogen and oxygen atoms in total. The van der Waals surface area contributed by atoms with Gasteiger partial charge in [-0.2, -0.15) is 0 Å². The van der Waals surface area contributed by atoms with Crippen LogP contribution >= 0.6 is 24.0 Å². The first-order valence-corrected chi connectivity index (χ1v) is 10.9. The molecule has 0 atom stereocenters. The molecule has 4 rings (SSSR count). The highest BCUT2D eigenvalue weighted by Gasteiger charge is 2.28. The Hall–Kier alpha value is -2.62. The van der Waals surface area contributed by atoms with Crippen LogP contribution in [0.5, 0.6) is 0 Å². The molecular formula is C22H28Cl2N6O3. The zero-order valence-electron chi connectivity index (χ0n) is 19.1. The van der Waals surface area contributed by atoms with E-state index in [0.29, 0.717) is 59.8 Å². The molecule has 0 bridgehead atoms. The highest BCUT2D eigenvalue weighted by atomic mass is 35.5. The highest BCUT2D eigenvalue weighted by Crippen LogP contribution is 2.34. The van der Waals surface area contributed by atoms with Gasteiger partial charge in [0.25, 0.3) is 0 Å². The summed E-state index contributed by atoms with van der Waals surface area (Å²) in [5, 5.41) is 11.2. The lowest BCUT2D eigenvalue weighted by Crippen LogP contribution is -2.49. The molecule has 178 valence electrons. The van der Waals surface area contributed by atoms with E-state index < -0.39 is 5.60 Å². The Labute approximate surface area is 203 Å². The summed E-state index contributed by atoms with van der Waals surface area (Å²) < 4.78 is 6.74. The van der Waals surface area contributed by atoms with Crippen molar-refractivity contribution in [3.63, 3.8) is 0 Å². The number of carbonyl (C=O) groups is 1. The van der Waals surface area contributed by atoms with E-state index >= 15 is 0 Å². The lowest BCUT2D eigenvalue weighted by atomic mass is 10.1. The number of anilines is 1. The first kappa shape index (κ1) is 25.0. The number of aromatic nitrogens is 4. The van der Waals surface area contributed by atoms with Gasteiger partial charge in [-0.25, -0.2) is 19.7 Å². The number of nitrogens with zero attached hydrogens (tertiary/aromatic N) is 6. The molecular weight excluding hydrogens is 467 g/mol. The van der Waals surface area contributed by atoms with E-state index in [-0.39, 0.29) is 25.0 Å². The fourth-order valence-corrected chi connectivity index (χ4v) is 4.15. The standard InChI is InChI=1S/C22H27ClN6O3.ClH/c1-14-24-19(27-9-11-28(12-10-27)21(30)32-4)17-20(25-14)29(13-22(2,3)31)18(26-17)15-7-5-6-8-16(15)23;/h5-8,31H,9-13H2,1-4H3;1H. The van der Waals surface area contributed by atoms with Crippen molar-refractivity contribution in [2.75, 3.05) is 38.2 Å². The Morgan fingerprint density at radius 1 is 1.15 bits per heavy atom. The number of amides is 1. The van der Waals surface area contributed by atoms with Crippen LogP contribution < -0.4 is 4.90 Å². The molecule has 1 aliphatic heterocycles. The topological polar surface area (TPSA) is 96.6 Å². The van der Waals surface area contributed by atoms with Crippen molar-refractivity contribution in [2.24, 2.45) is 0 Å². The molecule has 33 heavy (non-hydrogen) atoms. The molecule has 0 aliphatic carbocycles. The third kappa shape index (κ3) is 5.15. The number of imidazole rings is 1. The van der Waals surface area contributed by atoms with E-state index in [4.69, 9.17) is 26.3 Å². The second-order valence-electron chi connectivity index (χ2n) is 8.52. The minimum absolute atomic E-state index is 0. The van der Waals surface area contributed by atoms with Crippen molar-refractivity contribution >= 4 is 47.1 Å². The zero-order valence-corrected chi connectivity index (χ0v) is 20.7. The molecule has 0 spiro atoms. The molecule has 0 unspecified atom stereocenters. The number of benzene rings is 1. The summed E-state index contributed by atoms with van der Waals surface area (Å²) in [7, 11) is 1.39. The summed E-state index contributed by atoms with van der Waals surface area (Å²) in [6, 6.07) is 7.48. The average Bonchev–Trinajstić information content (AvgIpc) is 3.09. The van der Waals surface area contributed by atoms with Crippen LogP contribution in [0.2, 0.25) is 5.02 Å². The van der Waals surface area contributed by atoms with Gasteiger partial charge in [0, 0.05) is 31.7 Å². The predicted molar refractivity (Wildman–Crippen MR) is 130 cm³/mol. The summed E-state index contributed by atoms with van der Waals surface area (Å²) in [6.45, 7) is 7.87. The van der Waals surface area contributed by atoms with Gasteiger partial charge in [-0.3, -0.25) is 0 Å². The van der Waals surface area contributed by atoms with Gasteiger partial charge >= 0.3 is 6.09 Å². The Morgan fingerprint density at radius 2 is 1.82 bits per heavy atom. The van der Waals surface area contributed by atoms with E-state index in [1.54, 1.807) is 18.7 Å². The number of methoxy groups -OCH3 is 1. The number of hydrogen-bond donors (Lipinski definition) is 1. The zero-order chi connectivity index (χ0) is 23.0. The molecule has 1 saturated heterocycles. The van der Waals surface area contributed by atoms with Crippen molar-refractivity contribution in [1.29, 1.82) is 0 Å². The number of hydrogen-bond acceptors (Lipinski definition) is 7. The Morgan fingerprint density at radius 3 is 2.42 bits per heavy atom.